The highest BCUT2D eigenvalue weighted by Crippen LogP contribution is 2.32. The number of alkyl halides is 1. The van der Waals surface area contributed by atoms with Crippen molar-refractivity contribution in [3.8, 4) is 16.9 Å². The standard InChI is InChI=1S/C28H36ClFO3/c1-3-5-6-26(30)28(31)33-24-16-11-21(12-17-24)8-7-20-9-13-22(14-10-20)23-15-18-27(32-4-2)25(29)19-23/h9-10,13-15,18-19,21,24,26H,3-8,11-12,16-17H2,1-2H3/t21?,24?,26-/m0/s1. The highest BCUT2D eigenvalue weighted by molar-refractivity contribution is 6.32. The molecular formula is C28H36ClFO3. The fourth-order valence-electron chi connectivity index (χ4n) is 4.47. The van der Waals surface area contributed by atoms with Crippen LogP contribution in [0.5, 0.6) is 5.75 Å². The molecule has 0 heterocycles. The summed E-state index contributed by atoms with van der Waals surface area (Å²) in [7, 11) is 0. The predicted molar refractivity (Wildman–Crippen MR) is 133 cm³/mol. The van der Waals surface area contributed by atoms with Crippen molar-refractivity contribution < 1.29 is 18.7 Å². The molecule has 0 aliphatic heterocycles. The molecule has 3 nitrogen and oxygen atoms in total. The Labute approximate surface area is 202 Å². The lowest BCUT2D eigenvalue weighted by atomic mass is 9.83. The van der Waals surface area contributed by atoms with Crippen molar-refractivity contribution in [1.29, 1.82) is 0 Å². The number of benzene rings is 2. The molecule has 0 saturated heterocycles. The molecule has 0 radical (unpaired) electrons. The molecule has 5 heteroatoms. The fourth-order valence-corrected chi connectivity index (χ4v) is 4.70. The van der Waals surface area contributed by atoms with Crippen LogP contribution in [0.3, 0.4) is 0 Å². The van der Waals surface area contributed by atoms with E-state index < -0.39 is 12.1 Å². The highest BCUT2D eigenvalue weighted by Gasteiger charge is 2.27. The molecule has 0 unspecified atom stereocenters. The van der Waals surface area contributed by atoms with E-state index in [1.165, 1.54) is 5.56 Å². The molecule has 180 valence electrons. The zero-order valence-corrected chi connectivity index (χ0v) is 20.6. The van der Waals surface area contributed by atoms with Gasteiger partial charge in [0.05, 0.1) is 11.6 Å². The minimum Gasteiger partial charge on any atom is -0.492 e. The summed E-state index contributed by atoms with van der Waals surface area (Å²) < 4.78 is 24.8. The molecular weight excluding hydrogens is 439 g/mol. The second kappa shape index (κ2) is 13.0. The van der Waals surface area contributed by atoms with Crippen LogP contribution in [0.4, 0.5) is 4.39 Å². The molecule has 3 rings (SSSR count). The molecule has 1 aliphatic carbocycles. The minimum absolute atomic E-state index is 0.117. The van der Waals surface area contributed by atoms with Crippen LogP contribution in [0.15, 0.2) is 42.5 Å². The first-order chi connectivity index (χ1) is 16.0. The van der Waals surface area contributed by atoms with Crippen LogP contribution < -0.4 is 4.74 Å². The fraction of sp³-hybridized carbons (Fsp3) is 0.536. The summed E-state index contributed by atoms with van der Waals surface area (Å²) in [5.74, 6) is 0.677. The van der Waals surface area contributed by atoms with Crippen molar-refractivity contribution in [3.05, 3.63) is 53.1 Å². The second-order valence-corrected chi connectivity index (χ2v) is 9.41. The van der Waals surface area contributed by atoms with Crippen molar-refractivity contribution in [2.75, 3.05) is 6.61 Å². The third kappa shape index (κ3) is 7.74. The first-order valence-corrected chi connectivity index (χ1v) is 12.7. The summed E-state index contributed by atoms with van der Waals surface area (Å²) in [6.45, 7) is 4.53. The van der Waals surface area contributed by atoms with Crippen LogP contribution in [0.2, 0.25) is 5.02 Å². The number of hydrogen-bond donors (Lipinski definition) is 0. The van der Waals surface area contributed by atoms with E-state index in [2.05, 4.69) is 24.3 Å². The molecule has 1 atom stereocenters. The lowest BCUT2D eigenvalue weighted by molar-refractivity contribution is -0.157. The number of carbonyl (C=O) groups is 1. The van der Waals surface area contributed by atoms with Gasteiger partial charge in [-0.05, 0) is 86.6 Å². The smallest absolute Gasteiger partial charge is 0.340 e. The topological polar surface area (TPSA) is 35.5 Å². The van der Waals surface area contributed by atoms with E-state index in [-0.39, 0.29) is 12.5 Å². The van der Waals surface area contributed by atoms with Crippen LogP contribution in [-0.4, -0.2) is 24.9 Å². The molecule has 0 N–H and O–H groups in total. The molecule has 1 saturated carbocycles. The second-order valence-electron chi connectivity index (χ2n) is 9.00. The van der Waals surface area contributed by atoms with Crippen molar-refractivity contribution in [2.45, 2.75) is 83.9 Å². The first-order valence-electron chi connectivity index (χ1n) is 12.4. The lowest BCUT2D eigenvalue weighted by Gasteiger charge is -2.28. The van der Waals surface area contributed by atoms with Gasteiger partial charge < -0.3 is 9.47 Å². The van der Waals surface area contributed by atoms with E-state index in [4.69, 9.17) is 21.1 Å². The van der Waals surface area contributed by atoms with Gasteiger partial charge in [0.15, 0.2) is 6.17 Å². The largest absolute Gasteiger partial charge is 0.492 e. The van der Waals surface area contributed by atoms with Gasteiger partial charge in [0, 0.05) is 0 Å². The predicted octanol–water partition coefficient (Wildman–Crippen LogP) is 7.97. The molecule has 0 bridgehead atoms. The average Bonchev–Trinajstić information content (AvgIpc) is 2.83. The maximum absolute atomic E-state index is 13.8. The van der Waals surface area contributed by atoms with E-state index in [9.17, 15) is 9.18 Å². The van der Waals surface area contributed by atoms with Gasteiger partial charge in [-0.25, -0.2) is 9.18 Å². The Kier molecular flexibility index (Phi) is 10.1. The molecule has 1 fully saturated rings. The number of unbranched alkanes of at least 4 members (excludes halogenated alkanes) is 1. The summed E-state index contributed by atoms with van der Waals surface area (Å²) in [6.07, 6.45) is 6.20. The molecule has 2 aromatic rings. The average molecular weight is 475 g/mol. The summed E-state index contributed by atoms with van der Waals surface area (Å²) >= 11 is 6.33. The van der Waals surface area contributed by atoms with Crippen molar-refractivity contribution in [3.63, 3.8) is 0 Å². The SMILES string of the molecule is CCCC[C@H](F)C(=O)OC1CCC(CCc2ccc(-c3ccc(OCC)c(Cl)c3)cc2)CC1. The number of ether oxygens (including phenoxy) is 2. The summed E-state index contributed by atoms with van der Waals surface area (Å²) in [5.41, 5.74) is 3.53. The maximum Gasteiger partial charge on any atom is 0.340 e. The number of aryl methyl sites for hydroxylation is 1. The van der Waals surface area contributed by atoms with Gasteiger partial charge in [-0.2, -0.15) is 0 Å². The number of esters is 1. The van der Waals surface area contributed by atoms with Crippen molar-refractivity contribution >= 4 is 17.6 Å². The van der Waals surface area contributed by atoms with Crippen LogP contribution in [0, 0.1) is 5.92 Å². The highest BCUT2D eigenvalue weighted by atomic mass is 35.5. The minimum atomic E-state index is -1.47. The number of halogens is 2. The molecule has 2 aromatic carbocycles. The first kappa shape index (κ1) is 25.6. The van der Waals surface area contributed by atoms with E-state index >= 15 is 0 Å². The van der Waals surface area contributed by atoms with E-state index in [1.807, 2.05) is 32.0 Å². The van der Waals surface area contributed by atoms with Gasteiger partial charge in [0.25, 0.3) is 0 Å². The van der Waals surface area contributed by atoms with E-state index in [1.54, 1.807) is 0 Å². The quantitative estimate of drug-likeness (QED) is 0.310. The lowest BCUT2D eigenvalue weighted by Crippen LogP contribution is -2.29. The zero-order valence-electron chi connectivity index (χ0n) is 19.8. The Balaban J connectivity index is 1.42. The Morgan fingerprint density at radius 3 is 2.39 bits per heavy atom. The normalized spacial score (nSPS) is 19.2. The van der Waals surface area contributed by atoms with E-state index in [0.717, 1.165) is 62.5 Å². The zero-order chi connectivity index (χ0) is 23.6. The van der Waals surface area contributed by atoms with E-state index in [0.29, 0.717) is 23.3 Å². The van der Waals surface area contributed by atoms with Gasteiger partial charge in [-0.15, -0.1) is 0 Å². The van der Waals surface area contributed by atoms with Crippen LogP contribution in [-0.2, 0) is 16.0 Å². The van der Waals surface area contributed by atoms with Gasteiger partial charge >= 0.3 is 5.97 Å². The van der Waals surface area contributed by atoms with Crippen LogP contribution in [0.25, 0.3) is 11.1 Å². The number of carbonyl (C=O) groups excluding carboxylic acids is 1. The summed E-state index contributed by atoms with van der Waals surface area (Å²) in [5, 5.41) is 0.628. The molecule has 33 heavy (non-hydrogen) atoms. The van der Waals surface area contributed by atoms with Crippen molar-refractivity contribution in [1.82, 2.24) is 0 Å². The Bertz CT molecular complexity index is 875. The molecule has 1 aliphatic rings. The Morgan fingerprint density at radius 2 is 1.76 bits per heavy atom. The summed E-state index contributed by atoms with van der Waals surface area (Å²) in [4.78, 5) is 11.9. The summed E-state index contributed by atoms with van der Waals surface area (Å²) in [6, 6.07) is 14.6. The Morgan fingerprint density at radius 1 is 1.06 bits per heavy atom. The van der Waals surface area contributed by atoms with Crippen molar-refractivity contribution in [2.24, 2.45) is 5.92 Å². The molecule has 0 spiro atoms. The number of hydrogen-bond acceptors (Lipinski definition) is 3. The van der Waals surface area contributed by atoms with Crippen LogP contribution >= 0.6 is 11.6 Å². The van der Waals surface area contributed by atoms with Crippen LogP contribution in [0.1, 0.15) is 70.8 Å². The monoisotopic (exact) mass is 474 g/mol. The van der Waals surface area contributed by atoms with Gasteiger partial charge in [0.1, 0.15) is 11.9 Å². The van der Waals surface area contributed by atoms with Gasteiger partial charge in [-0.1, -0.05) is 61.7 Å². The molecule has 0 aromatic heterocycles. The third-order valence-corrected chi connectivity index (χ3v) is 6.80. The van der Waals surface area contributed by atoms with Gasteiger partial charge in [-0.3, -0.25) is 0 Å². The number of rotatable bonds is 11. The third-order valence-electron chi connectivity index (χ3n) is 6.50. The maximum atomic E-state index is 13.8. The van der Waals surface area contributed by atoms with Gasteiger partial charge in [0.2, 0.25) is 0 Å². The Hall–Kier alpha value is -2.07. The molecule has 0 amide bonds.